The van der Waals surface area contributed by atoms with E-state index in [0.29, 0.717) is 0 Å². The minimum absolute atomic E-state index is 0.823. The number of alkyl halides is 3. The molecule has 81 heavy (non-hydrogen) atoms. The van der Waals surface area contributed by atoms with Crippen LogP contribution in [0.25, 0.3) is 10.4 Å². The van der Waals surface area contributed by atoms with E-state index < -0.39 is 205 Å². The quantitative estimate of drug-likeness (QED) is 0.0265. The van der Waals surface area contributed by atoms with Gasteiger partial charge in [0.1, 0.15) is 43.7 Å². The zero-order chi connectivity index (χ0) is 61.0. The van der Waals surface area contributed by atoms with Crippen molar-refractivity contribution in [2.24, 2.45) is 5.11 Å². The lowest BCUT2D eigenvalue weighted by molar-refractivity contribution is -0.390. The number of ether oxygens (including phenoxy) is 18. The van der Waals surface area contributed by atoms with Crippen molar-refractivity contribution in [1.82, 2.24) is 0 Å². The molecule has 0 bridgehead atoms. The fraction of sp³-hybridized carbons (Fsp3) is 0.761. The third kappa shape index (κ3) is 19.3. The third-order valence-corrected chi connectivity index (χ3v) is 12.0. The minimum Gasteiger partial charge on any atom is -0.463 e. The van der Waals surface area contributed by atoms with Gasteiger partial charge in [-0.3, -0.25) is 53.4 Å². The number of esters is 10. The maximum absolute atomic E-state index is 13.2. The first kappa shape index (κ1) is 67.6. The highest BCUT2D eigenvalue weighted by Crippen LogP contribution is 2.41. The lowest BCUT2D eigenvalue weighted by Gasteiger charge is -2.51. The number of nitrogens with one attached hydrogen (secondary N) is 1. The standard InChI is InChI=1S/C46H61Cl3N4O28/c1-15-30(68-19(5)56)35(71-22(8)59)38(74-25(11)62)42(66-15)79-34-29(52-53-51)41(81-45(50)46(47,48)49)76-27(13-64-17(3)54)32(34)78-44-40(37(73-24(10)61)33(70-21(7)58)28(77-44)14-65-18(4)55)80-43-39(75-26(12)63)36(72-23(9)60)31(16(2)67-43)69-20(6)57/h15-16,27-44,50H,13-14H2,1-12H3/t15?,16?,27?,28?,29?,30-,31-,32-,33+,34-,35?,36?,37+,38+,39-,40?,41+,42+,43?,44+/m1/s1. The van der Waals surface area contributed by atoms with Crippen molar-refractivity contribution in [3.05, 3.63) is 10.4 Å². The largest absolute Gasteiger partial charge is 0.463 e. The second-order valence-corrected chi connectivity index (χ2v) is 20.4. The Balaban J connectivity index is 2.11. The second kappa shape index (κ2) is 29.9. The molecular formula is C46H61Cl3N4O28. The highest BCUT2D eigenvalue weighted by Gasteiger charge is 2.61. The van der Waals surface area contributed by atoms with E-state index in [-0.39, 0.29) is 0 Å². The van der Waals surface area contributed by atoms with Gasteiger partial charge in [-0.2, -0.15) is 0 Å². The van der Waals surface area contributed by atoms with Crippen LogP contribution in [0.5, 0.6) is 0 Å². The number of nitrogens with zero attached hydrogens (tertiary/aromatic N) is 3. The van der Waals surface area contributed by atoms with Crippen LogP contribution in [0, 0.1) is 5.41 Å². The molecule has 0 amide bonds. The van der Waals surface area contributed by atoms with E-state index in [4.69, 9.17) is 125 Å². The maximum Gasteiger partial charge on any atom is 0.303 e. The molecule has 4 aliphatic rings. The molecule has 4 heterocycles. The Morgan fingerprint density at radius 1 is 0.420 bits per heavy atom. The Bertz CT molecular complexity index is 2390. The molecule has 0 aromatic rings. The molecule has 4 rings (SSSR count). The zero-order valence-corrected chi connectivity index (χ0v) is 47.6. The summed E-state index contributed by atoms with van der Waals surface area (Å²) in [6.07, 6.45) is -35.3. The molecule has 0 aliphatic carbocycles. The van der Waals surface area contributed by atoms with Crippen LogP contribution in [0.4, 0.5) is 0 Å². The Kier molecular flexibility index (Phi) is 24.9. The normalized spacial score (nSPS) is 33.7. The Labute approximate surface area is 476 Å². The fourth-order valence-electron chi connectivity index (χ4n) is 8.76. The van der Waals surface area contributed by atoms with Crippen molar-refractivity contribution in [1.29, 1.82) is 5.41 Å². The van der Waals surface area contributed by atoms with E-state index in [1.54, 1.807) is 0 Å². The number of hydrogen-bond acceptors (Lipinski definition) is 30. The van der Waals surface area contributed by atoms with Crippen molar-refractivity contribution in [3.8, 4) is 0 Å². The lowest BCUT2D eigenvalue weighted by atomic mass is 9.94. The van der Waals surface area contributed by atoms with Gasteiger partial charge in [0.2, 0.25) is 12.2 Å². The van der Waals surface area contributed by atoms with E-state index in [9.17, 15) is 53.5 Å². The van der Waals surface area contributed by atoms with Gasteiger partial charge in [0.15, 0.2) is 73.8 Å². The lowest BCUT2D eigenvalue weighted by Crippen LogP contribution is -2.69. The highest BCUT2D eigenvalue weighted by molar-refractivity contribution is 6.76. The number of azide groups is 1. The molecule has 4 aliphatic heterocycles. The first-order valence-corrected chi connectivity index (χ1v) is 25.4. The topological polar surface area (TPSA) is 409 Å². The average Bonchev–Trinajstić information content (AvgIpc) is 3.37. The molecule has 9 unspecified atom stereocenters. The Morgan fingerprint density at radius 3 is 1.10 bits per heavy atom. The first-order valence-electron chi connectivity index (χ1n) is 24.3. The van der Waals surface area contributed by atoms with E-state index in [2.05, 4.69) is 10.0 Å². The molecule has 20 atom stereocenters. The molecule has 4 fully saturated rings. The summed E-state index contributed by atoms with van der Waals surface area (Å²) in [5, 5.41) is 12.3. The average molecular weight is 1220 g/mol. The van der Waals surface area contributed by atoms with Crippen LogP contribution in [0.3, 0.4) is 0 Å². The van der Waals surface area contributed by atoms with Crippen molar-refractivity contribution >= 4 is 100 Å². The van der Waals surface area contributed by atoms with Gasteiger partial charge in [-0.1, -0.05) is 39.9 Å². The van der Waals surface area contributed by atoms with Crippen molar-refractivity contribution in [2.45, 2.75) is 210 Å². The molecule has 32 nitrogen and oxygen atoms in total. The van der Waals surface area contributed by atoms with Crippen molar-refractivity contribution in [2.75, 3.05) is 13.2 Å². The van der Waals surface area contributed by atoms with Gasteiger partial charge in [0, 0.05) is 74.1 Å². The number of halogens is 3. The molecule has 35 heteroatoms. The molecule has 0 aromatic carbocycles. The SMILES string of the molecule is CC(=O)OCC1O[C@@H](OC(=N)C(Cl)(Cl)Cl)C(N=[N+]=[N-])[C@@H](O[C@@H]2OC(C)[C@@H](OC(C)=O)C(OC(C)=O)[C@@H]2OC(C)=O)[C@@H]1O[C@@H]1OC(COC(C)=O)[C@H](OC(C)=O)[C@H](OC(C)=O)C1OC1OC(C)[C@@H](OC(C)=O)C(OC(C)=O)[C@H]1OC(C)=O. The molecule has 0 aromatic heterocycles. The summed E-state index contributed by atoms with van der Waals surface area (Å²) in [7, 11) is 0. The smallest absolute Gasteiger partial charge is 0.303 e. The summed E-state index contributed by atoms with van der Waals surface area (Å²) >= 11 is 18.0. The molecule has 0 radical (unpaired) electrons. The summed E-state index contributed by atoms with van der Waals surface area (Å²) in [5.41, 5.74) is 10.2. The fourth-order valence-corrected chi connectivity index (χ4v) is 8.89. The van der Waals surface area contributed by atoms with Gasteiger partial charge in [0.05, 0.1) is 12.2 Å². The Hall–Kier alpha value is -5.93. The summed E-state index contributed by atoms with van der Waals surface area (Å²) in [6.45, 7) is 10.7. The van der Waals surface area contributed by atoms with Gasteiger partial charge in [-0.15, -0.1) is 0 Å². The van der Waals surface area contributed by atoms with Gasteiger partial charge < -0.3 is 85.3 Å². The predicted molar refractivity (Wildman–Crippen MR) is 260 cm³/mol. The van der Waals surface area contributed by atoms with E-state index in [0.717, 1.165) is 69.2 Å². The molecule has 1 N–H and O–H groups in total. The van der Waals surface area contributed by atoms with Crippen LogP contribution < -0.4 is 0 Å². The van der Waals surface area contributed by atoms with Crippen LogP contribution in [0.2, 0.25) is 0 Å². The monoisotopic (exact) mass is 1220 g/mol. The van der Waals surface area contributed by atoms with Crippen LogP contribution in [-0.4, -0.2) is 205 Å². The van der Waals surface area contributed by atoms with Crippen molar-refractivity contribution < 1.29 is 133 Å². The van der Waals surface area contributed by atoms with E-state index in [1.165, 1.54) is 13.8 Å². The van der Waals surface area contributed by atoms with Gasteiger partial charge in [0.25, 0.3) is 3.79 Å². The summed E-state index contributed by atoms with van der Waals surface area (Å²) in [4.78, 5) is 130. The molecule has 0 saturated carbocycles. The van der Waals surface area contributed by atoms with Crippen molar-refractivity contribution in [3.63, 3.8) is 0 Å². The van der Waals surface area contributed by atoms with Crippen LogP contribution in [-0.2, 0) is 133 Å². The van der Waals surface area contributed by atoms with Gasteiger partial charge in [-0.25, -0.2) is 0 Å². The van der Waals surface area contributed by atoms with Crippen LogP contribution in [0.1, 0.15) is 83.1 Å². The number of hydrogen-bond donors (Lipinski definition) is 1. The third-order valence-electron chi connectivity index (χ3n) is 11.5. The van der Waals surface area contributed by atoms with Gasteiger partial charge >= 0.3 is 59.7 Å². The number of carbonyl (C=O) groups excluding carboxylic acids is 10. The maximum atomic E-state index is 13.2. The minimum atomic E-state index is -2.65. The highest BCUT2D eigenvalue weighted by atomic mass is 35.6. The first-order chi connectivity index (χ1) is 37.7. The predicted octanol–water partition coefficient (Wildman–Crippen LogP) is 1.70. The summed E-state index contributed by atoms with van der Waals surface area (Å²) in [6, 6.07) is -2.06. The number of rotatable bonds is 20. The van der Waals surface area contributed by atoms with Crippen LogP contribution in [0.15, 0.2) is 5.11 Å². The molecule has 0 spiro atoms. The second-order valence-electron chi connectivity index (χ2n) is 18.1. The summed E-state index contributed by atoms with van der Waals surface area (Å²) in [5.74, 6) is -11.1. The molecule has 454 valence electrons. The van der Waals surface area contributed by atoms with Gasteiger partial charge in [-0.05, 0) is 19.4 Å². The van der Waals surface area contributed by atoms with E-state index in [1.807, 2.05) is 0 Å². The zero-order valence-electron chi connectivity index (χ0n) is 45.4. The summed E-state index contributed by atoms with van der Waals surface area (Å²) < 4.78 is 103. The number of carbonyl (C=O) groups is 10. The van der Waals surface area contributed by atoms with E-state index >= 15 is 0 Å². The van der Waals surface area contributed by atoms with Crippen LogP contribution >= 0.6 is 34.8 Å². The molecule has 4 saturated heterocycles. The Morgan fingerprint density at radius 2 is 0.728 bits per heavy atom. The molecular weight excluding hydrogens is 1160 g/mol.